The van der Waals surface area contributed by atoms with Crippen molar-refractivity contribution < 1.29 is 0 Å². The minimum Gasteiger partial charge on any atom is -0.261 e. The quantitative estimate of drug-likeness (QED) is 0.627. The molecule has 1 aliphatic rings. The minimum absolute atomic E-state index is 0.552. The molecule has 0 aromatic carbocycles. The minimum atomic E-state index is 0.552. The Morgan fingerprint density at radius 3 is 3.31 bits per heavy atom. The summed E-state index contributed by atoms with van der Waals surface area (Å²) < 4.78 is 0. The molecule has 0 saturated heterocycles. The number of aryl methyl sites for hydroxylation is 1. The van der Waals surface area contributed by atoms with Gasteiger partial charge in [-0.3, -0.25) is 4.98 Å². The third kappa shape index (κ3) is 1.39. The summed E-state index contributed by atoms with van der Waals surface area (Å²) in [5, 5.41) is 0. The number of allylic oxidation sites excluding steroid dienone is 1. The van der Waals surface area contributed by atoms with E-state index in [1.807, 2.05) is 18.3 Å². The van der Waals surface area contributed by atoms with Crippen molar-refractivity contribution in [3.8, 4) is 0 Å². The van der Waals surface area contributed by atoms with Crippen LogP contribution in [-0.2, 0) is 6.42 Å². The van der Waals surface area contributed by atoms with Crippen molar-refractivity contribution >= 4 is 0 Å². The number of nitrogens with zero attached hydrogens (tertiary/aromatic N) is 1. The maximum Gasteiger partial charge on any atom is 0.0472 e. The predicted molar refractivity (Wildman–Crippen MR) is 54.7 cm³/mol. The smallest absolute Gasteiger partial charge is 0.0472 e. The molecule has 0 aliphatic heterocycles. The zero-order valence-electron chi connectivity index (χ0n) is 8.03. The zero-order chi connectivity index (χ0) is 9.26. The normalized spacial score (nSPS) is 22.4. The van der Waals surface area contributed by atoms with Crippen LogP contribution in [-0.4, -0.2) is 4.98 Å². The molecule has 13 heavy (non-hydrogen) atoms. The van der Waals surface area contributed by atoms with Gasteiger partial charge in [0.15, 0.2) is 0 Å². The molecular weight excluding hydrogens is 158 g/mol. The van der Waals surface area contributed by atoms with Crippen molar-refractivity contribution in [1.29, 1.82) is 0 Å². The lowest BCUT2D eigenvalue weighted by Crippen LogP contribution is -2.04. The molecule has 0 bridgehead atoms. The number of hydrogen-bond donors (Lipinski definition) is 0. The van der Waals surface area contributed by atoms with E-state index in [1.54, 1.807) is 0 Å². The van der Waals surface area contributed by atoms with Crippen LogP contribution in [0.2, 0.25) is 0 Å². The van der Waals surface area contributed by atoms with Gasteiger partial charge in [-0.2, -0.15) is 0 Å². The van der Waals surface area contributed by atoms with Crippen LogP contribution in [0.25, 0.3) is 0 Å². The lowest BCUT2D eigenvalue weighted by atomic mass is 9.92. The third-order valence-electron chi connectivity index (χ3n) is 3.01. The number of hydrogen-bond acceptors (Lipinski definition) is 1. The van der Waals surface area contributed by atoms with Gasteiger partial charge in [0.1, 0.15) is 0 Å². The zero-order valence-corrected chi connectivity index (χ0v) is 8.03. The average molecular weight is 173 g/mol. The molecule has 68 valence electrons. The van der Waals surface area contributed by atoms with Gasteiger partial charge < -0.3 is 0 Å². The van der Waals surface area contributed by atoms with Crippen LogP contribution in [0.4, 0.5) is 0 Å². The first-order chi connectivity index (χ1) is 6.33. The first kappa shape index (κ1) is 8.49. The van der Waals surface area contributed by atoms with Gasteiger partial charge in [0.05, 0.1) is 0 Å². The Morgan fingerprint density at radius 2 is 2.54 bits per heavy atom. The van der Waals surface area contributed by atoms with Gasteiger partial charge in [0.25, 0.3) is 0 Å². The summed E-state index contributed by atoms with van der Waals surface area (Å²) in [4.78, 5) is 4.46. The second kappa shape index (κ2) is 3.33. The fourth-order valence-electron chi connectivity index (χ4n) is 2.12. The van der Waals surface area contributed by atoms with Gasteiger partial charge in [0, 0.05) is 17.8 Å². The molecule has 1 aliphatic carbocycles. The molecule has 0 saturated carbocycles. The molecule has 0 fully saturated rings. The Balaban J connectivity index is 2.33. The van der Waals surface area contributed by atoms with Crippen molar-refractivity contribution in [3.05, 3.63) is 42.2 Å². The first-order valence-corrected chi connectivity index (χ1v) is 4.89. The number of pyridine rings is 1. The highest BCUT2D eigenvalue weighted by molar-refractivity contribution is 5.29. The van der Waals surface area contributed by atoms with E-state index in [1.165, 1.54) is 24.1 Å². The number of aromatic nitrogens is 1. The Morgan fingerprint density at radius 1 is 1.69 bits per heavy atom. The van der Waals surface area contributed by atoms with E-state index < -0.39 is 0 Å². The molecule has 0 unspecified atom stereocenters. The van der Waals surface area contributed by atoms with Gasteiger partial charge in [0.2, 0.25) is 0 Å². The number of rotatable bonds is 2. The van der Waals surface area contributed by atoms with Crippen LogP contribution in [0.15, 0.2) is 31.0 Å². The van der Waals surface area contributed by atoms with Gasteiger partial charge in [-0.1, -0.05) is 19.1 Å². The highest BCUT2D eigenvalue weighted by Crippen LogP contribution is 2.36. The molecule has 1 aromatic rings. The highest BCUT2D eigenvalue weighted by atomic mass is 14.7. The fourth-order valence-corrected chi connectivity index (χ4v) is 2.12. The monoisotopic (exact) mass is 173 g/mol. The molecule has 0 amide bonds. The van der Waals surface area contributed by atoms with Crippen LogP contribution in [0, 0.1) is 5.92 Å². The Hall–Kier alpha value is -1.11. The molecule has 1 heteroatoms. The molecular formula is C12H15N. The molecule has 2 rings (SSSR count). The summed E-state index contributed by atoms with van der Waals surface area (Å²) in [6.07, 6.45) is 6.35. The summed E-state index contributed by atoms with van der Waals surface area (Å²) in [6.45, 7) is 6.07. The summed E-state index contributed by atoms with van der Waals surface area (Å²) in [6, 6.07) is 4.22. The SMILES string of the molecule is C=C[C@H](C)[C@@H]1CCc2cccnc21. The fraction of sp³-hybridized carbons (Fsp3) is 0.417. The maximum atomic E-state index is 4.46. The Kier molecular flexibility index (Phi) is 2.17. The van der Waals surface area contributed by atoms with Crippen molar-refractivity contribution in [2.75, 3.05) is 0 Å². The molecule has 0 N–H and O–H groups in total. The largest absolute Gasteiger partial charge is 0.261 e. The second-order valence-corrected chi connectivity index (χ2v) is 3.79. The van der Waals surface area contributed by atoms with Crippen molar-refractivity contribution in [1.82, 2.24) is 4.98 Å². The summed E-state index contributed by atoms with van der Waals surface area (Å²) in [5.74, 6) is 1.16. The topological polar surface area (TPSA) is 12.9 Å². The Bertz CT molecular complexity index is 317. The molecule has 2 atom stereocenters. The van der Waals surface area contributed by atoms with E-state index in [9.17, 15) is 0 Å². The highest BCUT2D eigenvalue weighted by Gasteiger charge is 2.26. The van der Waals surface area contributed by atoms with E-state index >= 15 is 0 Å². The van der Waals surface area contributed by atoms with E-state index in [2.05, 4.69) is 24.6 Å². The average Bonchev–Trinajstić information content (AvgIpc) is 2.60. The van der Waals surface area contributed by atoms with E-state index in [-0.39, 0.29) is 0 Å². The van der Waals surface area contributed by atoms with Crippen LogP contribution in [0.5, 0.6) is 0 Å². The molecule has 0 spiro atoms. The first-order valence-electron chi connectivity index (χ1n) is 4.89. The van der Waals surface area contributed by atoms with Crippen LogP contribution >= 0.6 is 0 Å². The van der Waals surface area contributed by atoms with Crippen molar-refractivity contribution in [2.45, 2.75) is 25.7 Å². The second-order valence-electron chi connectivity index (χ2n) is 3.79. The van der Waals surface area contributed by atoms with Crippen LogP contribution in [0.1, 0.15) is 30.5 Å². The summed E-state index contributed by atoms with van der Waals surface area (Å²) in [7, 11) is 0. The van der Waals surface area contributed by atoms with E-state index in [0.717, 1.165) is 0 Å². The number of fused-ring (bicyclic) bond motifs is 1. The van der Waals surface area contributed by atoms with E-state index in [0.29, 0.717) is 11.8 Å². The van der Waals surface area contributed by atoms with Crippen LogP contribution < -0.4 is 0 Å². The predicted octanol–water partition coefficient (Wildman–Crippen LogP) is 2.93. The lowest BCUT2D eigenvalue weighted by molar-refractivity contribution is 0.534. The molecule has 1 nitrogen and oxygen atoms in total. The third-order valence-corrected chi connectivity index (χ3v) is 3.01. The molecule has 1 aromatic heterocycles. The van der Waals surface area contributed by atoms with E-state index in [4.69, 9.17) is 0 Å². The van der Waals surface area contributed by atoms with Gasteiger partial charge in [-0.05, 0) is 30.4 Å². The molecule has 0 radical (unpaired) electrons. The lowest BCUT2D eigenvalue weighted by Gasteiger charge is -2.14. The van der Waals surface area contributed by atoms with Crippen LogP contribution in [0.3, 0.4) is 0 Å². The standard InChI is InChI=1S/C12H15N/c1-3-9(2)11-7-6-10-5-4-8-13-12(10)11/h3-5,8-9,11H,1,6-7H2,2H3/t9-,11-/m0/s1. The molecule has 1 heterocycles. The summed E-state index contributed by atoms with van der Waals surface area (Å²) in [5.41, 5.74) is 2.73. The van der Waals surface area contributed by atoms with Crippen molar-refractivity contribution in [2.24, 2.45) is 5.92 Å². The Labute approximate surface area is 79.5 Å². The van der Waals surface area contributed by atoms with Gasteiger partial charge in [-0.15, -0.1) is 6.58 Å². The summed E-state index contributed by atoms with van der Waals surface area (Å²) >= 11 is 0. The van der Waals surface area contributed by atoms with Gasteiger partial charge in [-0.25, -0.2) is 0 Å². The van der Waals surface area contributed by atoms with Crippen molar-refractivity contribution in [3.63, 3.8) is 0 Å². The maximum absolute atomic E-state index is 4.46. The van der Waals surface area contributed by atoms with Gasteiger partial charge >= 0.3 is 0 Å².